The van der Waals surface area contributed by atoms with Crippen molar-refractivity contribution in [1.82, 2.24) is 9.97 Å². The van der Waals surface area contributed by atoms with Gasteiger partial charge in [-0.25, -0.2) is 9.97 Å². The number of fused-ring (bicyclic) bond motifs is 1. The summed E-state index contributed by atoms with van der Waals surface area (Å²) in [6.45, 7) is 1.40. The highest BCUT2D eigenvalue weighted by atomic mass is 35.5. The number of hydrogen-bond donors (Lipinski definition) is 1. The van der Waals surface area contributed by atoms with Gasteiger partial charge in [0.25, 0.3) is 0 Å². The van der Waals surface area contributed by atoms with E-state index < -0.39 is 0 Å². The average molecular weight is 294 g/mol. The Bertz CT molecular complexity index is 601. The van der Waals surface area contributed by atoms with Crippen molar-refractivity contribution in [3.63, 3.8) is 0 Å². The number of carbonyl (C=O) groups is 1. The number of rotatable bonds is 2. The van der Waals surface area contributed by atoms with Gasteiger partial charge in [0.05, 0.1) is 11.9 Å². The average Bonchev–Trinajstić information content (AvgIpc) is 2.99. The Morgan fingerprint density at radius 1 is 1.37 bits per heavy atom. The summed E-state index contributed by atoms with van der Waals surface area (Å²) < 4.78 is 0. The van der Waals surface area contributed by atoms with E-state index in [1.165, 1.54) is 36.0 Å². The Hall–Kier alpha value is -1.59. The van der Waals surface area contributed by atoms with Crippen LogP contribution in [0.2, 0.25) is 5.15 Å². The van der Waals surface area contributed by atoms with Crippen molar-refractivity contribution in [2.24, 2.45) is 0 Å². The highest BCUT2D eigenvalue weighted by Crippen LogP contribution is 2.32. The van der Waals surface area contributed by atoms with E-state index in [4.69, 9.17) is 11.6 Å². The summed E-state index contributed by atoms with van der Waals surface area (Å²) in [5.74, 6) is -0.192. The third-order valence-electron chi connectivity index (χ3n) is 2.33. The molecule has 3 rings (SSSR count). The minimum Gasteiger partial charge on any atom is -0.322 e. The van der Waals surface area contributed by atoms with Gasteiger partial charge < -0.3 is 5.32 Å². The molecule has 4 nitrogen and oxygen atoms in total. The molecule has 98 valence electrons. The summed E-state index contributed by atoms with van der Waals surface area (Å²) >= 11 is 7.16. The second-order valence-electron chi connectivity index (χ2n) is 3.82. The first kappa shape index (κ1) is 13.8. The summed E-state index contributed by atoms with van der Waals surface area (Å²) in [5, 5.41) is 3.36. The minimum atomic E-state index is -0.192. The molecule has 0 bridgehead atoms. The Balaban J connectivity index is 0.000000180. The second-order valence-corrected chi connectivity index (χ2v) is 4.95. The van der Waals surface area contributed by atoms with Crippen molar-refractivity contribution in [3.05, 3.63) is 35.6 Å². The zero-order valence-corrected chi connectivity index (χ0v) is 12.0. The summed E-state index contributed by atoms with van der Waals surface area (Å²) in [4.78, 5) is 18.6. The van der Waals surface area contributed by atoms with Crippen molar-refractivity contribution in [1.29, 1.82) is 0 Å². The maximum atomic E-state index is 10.7. The molecule has 6 heteroatoms. The molecule has 0 unspecified atom stereocenters. The van der Waals surface area contributed by atoms with E-state index in [0.29, 0.717) is 10.8 Å². The normalized spacial score (nSPS) is 10.3. The molecule has 2 aliphatic carbocycles. The molecular formula is C13H12ClN3OS. The number of thioether (sulfide) groups is 1. The van der Waals surface area contributed by atoms with Crippen molar-refractivity contribution in [3.8, 4) is 11.1 Å². The molecule has 1 amide bonds. The smallest absolute Gasteiger partial charge is 0.221 e. The molecule has 1 aromatic heterocycles. The van der Waals surface area contributed by atoms with Crippen LogP contribution in [0.15, 0.2) is 35.6 Å². The lowest BCUT2D eigenvalue weighted by atomic mass is 10.5. The van der Waals surface area contributed by atoms with Crippen LogP contribution in [-0.4, -0.2) is 22.1 Å². The fourth-order valence-electron chi connectivity index (χ4n) is 1.39. The fraction of sp³-hybridized carbons (Fsp3) is 0.154. The van der Waals surface area contributed by atoms with E-state index in [-0.39, 0.29) is 11.1 Å². The lowest BCUT2D eigenvalue weighted by molar-refractivity contribution is -0.114. The van der Waals surface area contributed by atoms with Gasteiger partial charge in [-0.2, -0.15) is 0 Å². The van der Waals surface area contributed by atoms with E-state index >= 15 is 0 Å². The fourth-order valence-corrected chi connectivity index (χ4v) is 1.96. The molecule has 0 saturated carbocycles. The Labute approximate surface area is 120 Å². The van der Waals surface area contributed by atoms with Crippen LogP contribution in [0.1, 0.15) is 6.92 Å². The molecule has 0 saturated heterocycles. The van der Waals surface area contributed by atoms with Crippen LogP contribution in [-0.2, 0) is 4.79 Å². The predicted molar refractivity (Wildman–Crippen MR) is 78.6 cm³/mol. The van der Waals surface area contributed by atoms with Crippen LogP contribution in [0, 0.1) is 0 Å². The molecule has 2 aliphatic rings. The number of nitrogens with zero attached hydrogens (tertiary/aromatic N) is 2. The monoisotopic (exact) mass is 293 g/mol. The van der Waals surface area contributed by atoms with Gasteiger partial charge in [-0.3, -0.25) is 4.79 Å². The van der Waals surface area contributed by atoms with Gasteiger partial charge in [0.1, 0.15) is 0 Å². The van der Waals surface area contributed by atoms with Crippen molar-refractivity contribution < 1.29 is 4.79 Å². The van der Waals surface area contributed by atoms with Crippen LogP contribution in [0.4, 0.5) is 5.69 Å². The number of amides is 1. The highest BCUT2D eigenvalue weighted by molar-refractivity contribution is 7.98. The van der Waals surface area contributed by atoms with E-state index in [0.717, 1.165) is 0 Å². The molecule has 1 N–H and O–H groups in total. The van der Waals surface area contributed by atoms with Crippen LogP contribution >= 0.6 is 23.4 Å². The standard InChI is InChI=1S/C7H8ClN3OS.C6H4/c1-4(12)10-5-3-9-7(13-2)11-6(5)8;1-2-5-4-6(5)3-1/h3H,1-2H3,(H,10,12);1-4H. The van der Waals surface area contributed by atoms with E-state index in [2.05, 4.69) is 39.6 Å². The number of nitrogens with one attached hydrogen (secondary N) is 1. The number of hydrogen-bond acceptors (Lipinski definition) is 4. The lowest BCUT2D eigenvalue weighted by Crippen LogP contribution is -2.07. The molecule has 0 atom stereocenters. The Kier molecular flexibility index (Phi) is 4.39. The minimum absolute atomic E-state index is 0.192. The van der Waals surface area contributed by atoms with Gasteiger partial charge in [-0.15, -0.1) is 0 Å². The largest absolute Gasteiger partial charge is 0.322 e. The van der Waals surface area contributed by atoms with Gasteiger partial charge in [0.15, 0.2) is 10.3 Å². The zero-order chi connectivity index (χ0) is 13.8. The van der Waals surface area contributed by atoms with E-state index in [1.807, 2.05) is 6.26 Å². The second kappa shape index (κ2) is 6.04. The third kappa shape index (κ3) is 3.94. The first-order valence-electron chi connectivity index (χ1n) is 5.54. The van der Waals surface area contributed by atoms with Gasteiger partial charge in [0, 0.05) is 6.92 Å². The molecule has 0 aliphatic heterocycles. The van der Waals surface area contributed by atoms with Crippen LogP contribution in [0.5, 0.6) is 0 Å². The van der Waals surface area contributed by atoms with Crippen molar-refractivity contribution >= 4 is 35.0 Å². The summed E-state index contributed by atoms with van der Waals surface area (Å²) in [6.07, 6.45) is 3.34. The Morgan fingerprint density at radius 2 is 2.05 bits per heavy atom. The van der Waals surface area contributed by atoms with Crippen LogP contribution in [0.3, 0.4) is 0 Å². The van der Waals surface area contributed by atoms with Crippen LogP contribution in [0.25, 0.3) is 11.1 Å². The van der Waals surface area contributed by atoms with Crippen molar-refractivity contribution in [2.45, 2.75) is 12.1 Å². The summed E-state index contributed by atoms with van der Waals surface area (Å²) in [7, 11) is 0. The molecule has 1 aromatic rings. The maximum Gasteiger partial charge on any atom is 0.221 e. The number of carbonyl (C=O) groups excluding carboxylic acids is 1. The summed E-state index contributed by atoms with van der Waals surface area (Å²) in [5.41, 5.74) is 3.29. The molecule has 0 fully saturated rings. The lowest BCUT2D eigenvalue weighted by Gasteiger charge is -2.03. The number of anilines is 1. The van der Waals surface area contributed by atoms with Crippen LogP contribution < -0.4 is 5.32 Å². The first-order valence-corrected chi connectivity index (χ1v) is 7.15. The molecule has 0 spiro atoms. The third-order valence-corrected chi connectivity index (χ3v) is 3.18. The van der Waals surface area contributed by atoms with Crippen molar-refractivity contribution in [2.75, 3.05) is 11.6 Å². The molecule has 1 heterocycles. The molecule has 19 heavy (non-hydrogen) atoms. The number of halogens is 1. The number of benzene rings is 1. The molecule has 0 radical (unpaired) electrons. The van der Waals surface area contributed by atoms with E-state index in [1.54, 1.807) is 0 Å². The Morgan fingerprint density at radius 3 is 2.42 bits per heavy atom. The number of aromatic nitrogens is 2. The summed E-state index contributed by atoms with van der Waals surface area (Å²) in [6, 6.07) is 8.48. The quantitative estimate of drug-likeness (QED) is 0.446. The maximum absolute atomic E-state index is 10.7. The van der Waals surface area contributed by atoms with Gasteiger partial charge in [-0.05, 0) is 23.4 Å². The predicted octanol–water partition coefficient (Wildman–Crippen LogP) is 3.48. The SMILES string of the molecule is CSc1ncc(NC(C)=O)c(Cl)n1.c1cc2cc-2c1. The topological polar surface area (TPSA) is 54.9 Å². The zero-order valence-electron chi connectivity index (χ0n) is 10.5. The van der Waals surface area contributed by atoms with Gasteiger partial charge >= 0.3 is 0 Å². The van der Waals surface area contributed by atoms with E-state index in [9.17, 15) is 4.79 Å². The highest BCUT2D eigenvalue weighted by Gasteiger charge is 2.07. The first-order chi connectivity index (χ1) is 9.10. The molecule has 0 aromatic carbocycles. The van der Waals surface area contributed by atoms with Gasteiger partial charge in [-0.1, -0.05) is 41.6 Å². The molecular weight excluding hydrogens is 282 g/mol. The van der Waals surface area contributed by atoms with Gasteiger partial charge in [0.2, 0.25) is 5.91 Å².